The SMILES string of the molecule is COC(=O)COc1ccc(O[C@@H]2CCc3c2ccc(C(F)(F)F)c3CN2CCOCC2)cc1. The fourth-order valence-corrected chi connectivity index (χ4v) is 4.27. The third-order valence-corrected chi connectivity index (χ3v) is 5.95. The molecule has 0 radical (unpaired) electrons. The Hall–Kier alpha value is -2.78. The molecule has 0 bridgehead atoms. The van der Waals surface area contributed by atoms with Crippen LogP contribution in [-0.4, -0.2) is 50.9 Å². The molecule has 0 aromatic heterocycles. The monoisotopic (exact) mass is 465 g/mol. The molecule has 1 fully saturated rings. The molecule has 1 atom stereocenters. The van der Waals surface area contributed by atoms with Gasteiger partial charge >= 0.3 is 12.1 Å². The summed E-state index contributed by atoms with van der Waals surface area (Å²) in [7, 11) is 1.28. The number of hydrogen-bond acceptors (Lipinski definition) is 6. The van der Waals surface area contributed by atoms with Gasteiger partial charge in [0.25, 0.3) is 0 Å². The summed E-state index contributed by atoms with van der Waals surface area (Å²) < 4.78 is 62.6. The van der Waals surface area contributed by atoms with Gasteiger partial charge in [-0.3, -0.25) is 4.90 Å². The Balaban J connectivity index is 1.51. The maximum Gasteiger partial charge on any atom is 0.416 e. The van der Waals surface area contributed by atoms with Crippen LogP contribution < -0.4 is 9.47 Å². The topological polar surface area (TPSA) is 57.2 Å². The van der Waals surface area contributed by atoms with Gasteiger partial charge in [0.15, 0.2) is 6.61 Å². The molecule has 4 rings (SSSR count). The molecule has 0 saturated carbocycles. The molecule has 0 amide bonds. The Morgan fingerprint density at radius 2 is 1.79 bits per heavy atom. The van der Waals surface area contributed by atoms with Crippen molar-refractivity contribution >= 4 is 5.97 Å². The van der Waals surface area contributed by atoms with E-state index in [9.17, 15) is 18.0 Å². The van der Waals surface area contributed by atoms with Crippen molar-refractivity contribution in [3.05, 3.63) is 58.7 Å². The zero-order chi connectivity index (χ0) is 23.4. The lowest BCUT2D eigenvalue weighted by atomic mass is 9.96. The molecule has 0 N–H and O–H groups in total. The second-order valence-corrected chi connectivity index (χ2v) is 8.03. The first-order valence-corrected chi connectivity index (χ1v) is 10.8. The summed E-state index contributed by atoms with van der Waals surface area (Å²) in [5, 5.41) is 0. The van der Waals surface area contributed by atoms with Gasteiger partial charge < -0.3 is 18.9 Å². The van der Waals surface area contributed by atoms with Crippen molar-refractivity contribution < 1.29 is 36.9 Å². The van der Waals surface area contributed by atoms with E-state index in [-0.39, 0.29) is 19.3 Å². The van der Waals surface area contributed by atoms with Gasteiger partial charge in [0, 0.05) is 19.6 Å². The van der Waals surface area contributed by atoms with Crippen LogP contribution in [0.2, 0.25) is 0 Å². The first-order chi connectivity index (χ1) is 15.8. The van der Waals surface area contributed by atoms with Crippen LogP contribution in [0.1, 0.15) is 34.8 Å². The second kappa shape index (κ2) is 10.0. The van der Waals surface area contributed by atoms with Crippen molar-refractivity contribution in [3.8, 4) is 11.5 Å². The molecule has 0 spiro atoms. The minimum absolute atomic E-state index is 0.194. The summed E-state index contributed by atoms with van der Waals surface area (Å²) in [6.07, 6.45) is -3.60. The van der Waals surface area contributed by atoms with E-state index in [1.54, 1.807) is 30.3 Å². The van der Waals surface area contributed by atoms with Crippen LogP contribution in [-0.2, 0) is 33.4 Å². The van der Waals surface area contributed by atoms with Crippen LogP contribution in [0.4, 0.5) is 13.2 Å². The summed E-state index contributed by atoms with van der Waals surface area (Å²) in [6.45, 7) is 2.35. The Kier molecular flexibility index (Phi) is 7.09. The molecule has 178 valence electrons. The maximum absolute atomic E-state index is 13.8. The van der Waals surface area contributed by atoms with Gasteiger partial charge in [0.2, 0.25) is 0 Å². The summed E-state index contributed by atoms with van der Waals surface area (Å²) in [4.78, 5) is 13.2. The summed E-state index contributed by atoms with van der Waals surface area (Å²) in [5.74, 6) is 0.582. The molecule has 1 aliphatic heterocycles. The number of rotatable bonds is 7. The van der Waals surface area contributed by atoms with Crippen LogP contribution in [0, 0.1) is 0 Å². The first kappa shape index (κ1) is 23.4. The van der Waals surface area contributed by atoms with Crippen molar-refractivity contribution in [3.63, 3.8) is 0 Å². The Bertz CT molecular complexity index is 971. The summed E-state index contributed by atoms with van der Waals surface area (Å²) in [6, 6.07) is 9.49. The Labute approximate surface area is 190 Å². The van der Waals surface area contributed by atoms with E-state index in [0.29, 0.717) is 56.2 Å². The normalized spacial score (nSPS) is 18.6. The van der Waals surface area contributed by atoms with Gasteiger partial charge in [0.05, 0.1) is 25.9 Å². The van der Waals surface area contributed by atoms with Crippen LogP contribution in [0.3, 0.4) is 0 Å². The molecule has 33 heavy (non-hydrogen) atoms. The molecule has 2 aromatic carbocycles. The Morgan fingerprint density at radius 1 is 1.09 bits per heavy atom. The number of morpholine rings is 1. The van der Waals surface area contributed by atoms with Crippen LogP contribution in [0.5, 0.6) is 11.5 Å². The van der Waals surface area contributed by atoms with Gasteiger partial charge in [-0.15, -0.1) is 0 Å². The Morgan fingerprint density at radius 3 is 2.45 bits per heavy atom. The number of halogens is 3. The highest BCUT2D eigenvalue weighted by atomic mass is 19.4. The lowest BCUT2D eigenvalue weighted by Gasteiger charge is -2.29. The number of carbonyl (C=O) groups is 1. The number of nitrogens with zero attached hydrogens (tertiary/aromatic N) is 1. The van der Waals surface area contributed by atoms with E-state index in [1.165, 1.54) is 13.2 Å². The fraction of sp³-hybridized carbons (Fsp3) is 0.458. The highest BCUT2D eigenvalue weighted by molar-refractivity contribution is 5.70. The average molecular weight is 465 g/mol. The van der Waals surface area contributed by atoms with E-state index >= 15 is 0 Å². The molecule has 2 aromatic rings. The predicted octanol–water partition coefficient (Wildman–Crippen LogP) is 4.16. The van der Waals surface area contributed by atoms with Crippen molar-refractivity contribution in [2.75, 3.05) is 40.0 Å². The first-order valence-electron chi connectivity index (χ1n) is 10.8. The van der Waals surface area contributed by atoms with Gasteiger partial charge in [-0.2, -0.15) is 13.2 Å². The standard InChI is InChI=1S/C24H26F3NO5/c1-30-23(29)15-32-16-2-4-17(5-3-16)33-22-9-7-18-19(22)6-8-21(24(25,26)27)20(18)14-28-10-12-31-13-11-28/h2-6,8,22H,7,9-15H2,1H3/t22-/m1/s1. The third-order valence-electron chi connectivity index (χ3n) is 5.95. The predicted molar refractivity (Wildman–Crippen MR) is 113 cm³/mol. The highest BCUT2D eigenvalue weighted by Crippen LogP contribution is 2.42. The molecule has 1 heterocycles. The minimum Gasteiger partial charge on any atom is -0.486 e. The third kappa shape index (κ3) is 5.59. The van der Waals surface area contributed by atoms with E-state index in [4.69, 9.17) is 14.2 Å². The van der Waals surface area contributed by atoms with Gasteiger partial charge in [-0.05, 0) is 59.9 Å². The summed E-state index contributed by atoms with van der Waals surface area (Å²) in [5.41, 5.74) is 1.32. The van der Waals surface area contributed by atoms with E-state index < -0.39 is 17.7 Å². The van der Waals surface area contributed by atoms with E-state index in [2.05, 4.69) is 4.74 Å². The van der Waals surface area contributed by atoms with Crippen molar-refractivity contribution in [1.29, 1.82) is 0 Å². The van der Waals surface area contributed by atoms with E-state index in [0.717, 1.165) is 11.1 Å². The molecular formula is C24H26F3NO5. The number of hydrogen-bond donors (Lipinski definition) is 0. The zero-order valence-electron chi connectivity index (χ0n) is 18.3. The van der Waals surface area contributed by atoms with Crippen molar-refractivity contribution in [2.24, 2.45) is 0 Å². The smallest absolute Gasteiger partial charge is 0.416 e. The number of ether oxygens (including phenoxy) is 4. The summed E-state index contributed by atoms with van der Waals surface area (Å²) >= 11 is 0. The van der Waals surface area contributed by atoms with Gasteiger partial charge in [0.1, 0.15) is 17.6 Å². The van der Waals surface area contributed by atoms with Crippen LogP contribution >= 0.6 is 0 Å². The highest BCUT2D eigenvalue weighted by Gasteiger charge is 2.38. The lowest BCUT2D eigenvalue weighted by molar-refractivity contribution is -0.143. The largest absolute Gasteiger partial charge is 0.486 e. The number of methoxy groups -OCH3 is 1. The molecule has 6 nitrogen and oxygen atoms in total. The average Bonchev–Trinajstić information content (AvgIpc) is 3.21. The quantitative estimate of drug-likeness (QED) is 0.573. The molecule has 0 unspecified atom stereocenters. The van der Waals surface area contributed by atoms with Gasteiger partial charge in [-0.1, -0.05) is 6.07 Å². The van der Waals surface area contributed by atoms with Crippen LogP contribution in [0.15, 0.2) is 36.4 Å². The molecule has 9 heteroatoms. The number of carbonyl (C=O) groups excluding carboxylic acids is 1. The number of benzene rings is 2. The molecular weight excluding hydrogens is 439 g/mol. The number of esters is 1. The number of fused-ring (bicyclic) bond motifs is 1. The fourth-order valence-electron chi connectivity index (χ4n) is 4.27. The second-order valence-electron chi connectivity index (χ2n) is 8.03. The molecule has 1 saturated heterocycles. The number of alkyl halides is 3. The minimum atomic E-state index is -4.41. The van der Waals surface area contributed by atoms with E-state index in [1.807, 2.05) is 4.90 Å². The molecule has 2 aliphatic rings. The maximum atomic E-state index is 13.8. The van der Waals surface area contributed by atoms with Crippen LogP contribution in [0.25, 0.3) is 0 Å². The van der Waals surface area contributed by atoms with Crippen molar-refractivity contribution in [1.82, 2.24) is 4.90 Å². The molecule has 1 aliphatic carbocycles. The van der Waals surface area contributed by atoms with Crippen molar-refractivity contribution in [2.45, 2.75) is 31.7 Å². The lowest BCUT2D eigenvalue weighted by Crippen LogP contribution is -2.36. The zero-order valence-corrected chi connectivity index (χ0v) is 18.3. The van der Waals surface area contributed by atoms with Gasteiger partial charge in [-0.25, -0.2) is 4.79 Å².